The van der Waals surface area contributed by atoms with E-state index in [0.29, 0.717) is 17.3 Å². The zero-order valence-electron chi connectivity index (χ0n) is 10.9. The highest BCUT2D eigenvalue weighted by Gasteiger charge is 2.33. The van der Waals surface area contributed by atoms with Gasteiger partial charge in [-0.05, 0) is 31.0 Å². The summed E-state index contributed by atoms with van der Waals surface area (Å²) in [7, 11) is 0. The number of benzene rings is 1. The zero-order valence-corrected chi connectivity index (χ0v) is 11.6. The molecule has 0 bridgehead atoms. The normalized spacial score (nSPS) is 15.5. The summed E-state index contributed by atoms with van der Waals surface area (Å²) in [6.45, 7) is 0.240. The van der Waals surface area contributed by atoms with Crippen molar-refractivity contribution in [2.75, 3.05) is 0 Å². The number of alkyl halides is 3. The topological polar surface area (TPSA) is 56.7 Å². The standard InChI is InChI=1S/C13H12ClF3N4/c14-9-5-8(13(15,16)17)3-4-11(9)21-12(7-1-2-7)10(6-18)19-20-21/h3-5,7H,1-2,6,18H2. The van der Waals surface area contributed by atoms with Gasteiger partial charge in [-0.3, -0.25) is 0 Å². The molecule has 21 heavy (non-hydrogen) atoms. The van der Waals surface area contributed by atoms with Crippen molar-refractivity contribution in [2.24, 2.45) is 5.73 Å². The molecule has 0 amide bonds. The number of nitrogens with two attached hydrogens (primary N) is 1. The number of hydrogen-bond acceptors (Lipinski definition) is 3. The second kappa shape index (κ2) is 4.99. The predicted octanol–water partition coefficient (Wildman–Crippen LogP) is 3.28. The van der Waals surface area contributed by atoms with Gasteiger partial charge >= 0.3 is 6.18 Å². The maximum atomic E-state index is 12.7. The number of aromatic nitrogens is 3. The van der Waals surface area contributed by atoms with E-state index < -0.39 is 11.7 Å². The highest BCUT2D eigenvalue weighted by molar-refractivity contribution is 6.32. The van der Waals surface area contributed by atoms with Crippen molar-refractivity contribution in [3.05, 3.63) is 40.2 Å². The number of halogens is 4. The lowest BCUT2D eigenvalue weighted by atomic mass is 10.1. The third-order valence-electron chi connectivity index (χ3n) is 3.44. The van der Waals surface area contributed by atoms with Crippen LogP contribution in [-0.4, -0.2) is 15.0 Å². The van der Waals surface area contributed by atoms with Gasteiger partial charge in [-0.1, -0.05) is 16.8 Å². The Hall–Kier alpha value is -1.60. The fourth-order valence-corrected chi connectivity index (χ4v) is 2.52. The summed E-state index contributed by atoms with van der Waals surface area (Å²) in [5, 5.41) is 7.97. The van der Waals surface area contributed by atoms with Crippen LogP contribution in [-0.2, 0) is 12.7 Å². The van der Waals surface area contributed by atoms with Gasteiger partial charge in [0, 0.05) is 12.5 Å². The maximum absolute atomic E-state index is 12.7. The van der Waals surface area contributed by atoms with Crippen molar-refractivity contribution in [3.8, 4) is 5.69 Å². The number of rotatable bonds is 3. The first-order chi connectivity index (χ1) is 9.91. The Bertz CT molecular complexity index is 677. The first kappa shape index (κ1) is 14.3. The van der Waals surface area contributed by atoms with E-state index in [-0.39, 0.29) is 11.6 Å². The van der Waals surface area contributed by atoms with Gasteiger partial charge < -0.3 is 5.73 Å². The van der Waals surface area contributed by atoms with Crippen LogP contribution in [0.2, 0.25) is 5.02 Å². The highest BCUT2D eigenvalue weighted by Crippen LogP contribution is 2.42. The Morgan fingerprint density at radius 3 is 2.57 bits per heavy atom. The monoisotopic (exact) mass is 316 g/mol. The van der Waals surface area contributed by atoms with Crippen molar-refractivity contribution in [3.63, 3.8) is 0 Å². The molecular formula is C13H12ClF3N4. The Balaban J connectivity index is 2.07. The fourth-order valence-electron chi connectivity index (χ4n) is 2.26. The second-order valence-electron chi connectivity index (χ2n) is 4.98. The van der Waals surface area contributed by atoms with Crippen molar-refractivity contribution < 1.29 is 13.2 Å². The summed E-state index contributed by atoms with van der Waals surface area (Å²) in [6, 6.07) is 3.20. The third kappa shape index (κ3) is 2.63. The van der Waals surface area contributed by atoms with Crippen LogP contribution >= 0.6 is 11.6 Å². The van der Waals surface area contributed by atoms with Crippen LogP contribution in [0.15, 0.2) is 18.2 Å². The fraction of sp³-hybridized carbons (Fsp3) is 0.385. The van der Waals surface area contributed by atoms with E-state index in [1.165, 1.54) is 10.7 Å². The molecule has 1 aromatic carbocycles. The van der Waals surface area contributed by atoms with Crippen molar-refractivity contribution in [2.45, 2.75) is 31.5 Å². The quantitative estimate of drug-likeness (QED) is 0.945. The molecule has 2 aromatic rings. The van der Waals surface area contributed by atoms with E-state index in [1.807, 2.05) is 0 Å². The van der Waals surface area contributed by atoms with Crippen LogP contribution in [0.3, 0.4) is 0 Å². The van der Waals surface area contributed by atoms with Crippen LogP contribution < -0.4 is 5.73 Å². The summed E-state index contributed by atoms with van der Waals surface area (Å²) in [4.78, 5) is 0. The predicted molar refractivity (Wildman–Crippen MR) is 71.2 cm³/mol. The molecule has 1 aliphatic carbocycles. The molecule has 8 heteroatoms. The molecule has 1 aromatic heterocycles. The summed E-state index contributed by atoms with van der Waals surface area (Å²) in [5.74, 6) is 0.303. The van der Waals surface area contributed by atoms with Gasteiger partial charge in [-0.2, -0.15) is 13.2 Å². The molecule has 1 fully saturated rings. The lowest BCUT2D eigenvalue weighted by Gasteiger charge is -2.11. The zero-order chi connectivity index (χ0) is 15.2. The minimum atomic E-state index is -4.42. The van der Waals surface area contributed by atoms with Gasteiger partial charge in [0.1, 0.15) is 5.69 Å². The average molecular weight is 317 g/mol. The van der Waals surface area contributed by atoms with Crippen LogP contribution in [0.4, 0.5) is 13.2 Å². The smallest absolute Gasteiger partial charge is 0.325 e. The first-order valence-corrected chi connectivity index (χ1v) is 6.81. The average Bonchev–Trinajstić information content (AvgIpc) is 3.17. The Morgan fingerprint density at radius 2 is 2.05 bits per heavy atom. The maximum Gasteiger partial charge on any atom is 0.416 e. The Labute approximate surface area is 123 Å². The summed E-state index contributed by atoms with van der Waals surface area (Å²) < 4.78 is 39.5. The summed E-state index contributed by atoms with van der Waals surface area (Å²) in [5.41, 5.74) is 6.74. The van der Waals surface area contributed by atoms with Crippen LogP contribution in [0, 0.1) is 0 Å². The number of nitrogens with zero attached hydrogens (tertiary/aromatic N) is 3. The number of hydrogen-bond donors (Lipinski definition) is 1. The molecule has 0 atom stereocenters. The van der Waals surface area contributed by atoms with Crippen LogP contribution in [0.25, 0.3) is 5.69 Å². The van der Waals surface area contributed by atoms with E-state index in [1.54, 1.807) is 0 Å². The second-order valence-corrected chi connectivity index (χ2v) is 5.38. The van der Waals surface area contributed by atoms with Crippen LogP contribution in [0.1, 0.15) is 35.7 Å². The highest BCUT2D eigenvalue weighted by atomic mass is 35.5. The van der Waals surface area contributed by atoms with Gasteiger partial charge in [0.05, 0.1) is 22.0 Å². The van der Waals surface area contributed by atoms with E-state index in [0.717, 1.165) is 30.7 Å². The van der Waals surface area contributed by atoms with Gasteiger partial charge in [0.25, 0.3) is 0 Å². The third-order valence-corrected chi connectivity index (χ3v) is 3.74. The summed E-state index contributed by atoms with van der Waals surface area (Å²) >= 11 is 6.00. The molecule has 0 radical (unpaired) electrons. The molecule has 4 nitrogen and oxygen atoms in total. The summed E-state index contributed by atoms with van der Waals surface area (Å²) in [6.07, 6.45) is -2.43. The lowest BCUT2D eigenvalue weighted by molar-refractivity contribution is -0.137. The minimum Gasteiger partial charge on any atom is -0.325 e. The lowest BCUT2D eigenvalue weighted by Crippen LogP contribution is -2.08. The SMILES string of the molecule is NCc1nnn(-c2ccc(C(F)(F)F)cc2Cl)c1C1CC1. The van der Waals surface area contributed by atoms with Crippen LogP contribution in [0.5, 0.6) is 0 Å². The molecular weight excluding hydrogens is 305 g/mol. The Morgan fingerprint density at radius 1 is 1.33 bits per heavy atom. The molecule has 112 valence electrons. The van der Waals surface area contributed by atoms with Gasteiger partial charge in [-0.25, -0.2) is 4.68 Å². The largest absolute Gasteiger partial charge is 0.416 e. The van der Waals surface area contributed by atoms with Gasteiger partial charge in [0.2, 0.25) is 0 Å². The van der Waals surface area contributed by atoms with E-state index in [2.05, 4.69) is 10.3 Å². The molecule has 0 unspecified atom stereocenters. The molecule has 0 saturated heterocycles. The van der Waals surface area contributed by atoms with E-state index in [4.69, 9.17) is 17.3 Å². The first-order valence-electron chi connectivity index (χ1n) is 6.43. The van der Waals surface area contributed by atoms with Gasteiger partial charge in [0.15, 0.2) is 0 Å². The van der Waals surface area contributed by atoms with Crippen molar-refractivity contribution >= 4 is 11.6 Å². The van der Waals surface area contributed by atoms with E-state index in [9.17, 15) is 13.2 Å². The molecule has 2 N–H and O–H groups in total. The van der Waals surface area contributed by atoms with E-state index >= 15 is 0 Å². The molecule has 1 heterocycles. The molecule has 3 rings (SSSR count). The molecule has 0 spiro atoms. The van der Waals surface area contributed by atoms with Crippen molar-refractivity contribution in [1.29, 1.82) is 0 Å². The minimum absolute atomic E-state index is 0.0137. The Kier molecular flexibility index (Phi) is 3.41. The molecule has 0 aliphatic heterocycles. The molecule has 1 saturated carbocycles. The molecule has 1 aliphatic rings. The van der Waals surface area contributed by atoms with Gasteiger partial charge in [-0.15, -0.1) is 5.10 Å². The van der Waals surface area contributed by atoms with Crippen molar-refractivity contribution in [1.82, 2.24) is 15.0 Å².